The highest BCUT2D eigenvalue weighted by Gasteiger charge is 2.39. The molecule has 0 aliphatic carbocycles. The fraction of sp³-hybridized carbons (Fsp3) is 0.500. The smallest absolute Gasteiger partial charge is 0.475 e. The molecular formula is C22H25F6N3O6. The van der Waals surface area contributed by atoms with Crippen molar-refractivity contribution >= 4 is 11.9 Å². The Hall–Kier alpha value is -3.17. The van der Waals surface area contributed by atoms with Crippen LogP contribution in [0.2, 0.25) is 0 Å². The van der Waals surface area contributed by atoms with Gasteiger partial charge < -0.3 is 19.4 Å². The third-order valence-corrected chi connectivity index (χ3v) is 5.34. The maximum absolute atomic E-state index is 10.6. The number of nitrogens with zero attached hydrogens (tertiary/aromatic N) is 3. The summed E-state index contributed by atoms with van der Waals surface area (Å²) in [6.45, 7) is 6.09. The normalized spacial score (nSPS) is 20.2. The Labute approximate surface area is 207 Å². The van der Waals surface area contributed by atoms with Gasteiger partial charge in [-0.05, 0) is 24.1 Å². The molecule has 2 N–H and O–H groups in total. The Balaban J connectivity index is 0.000000286. The van der Waals surface area contributed by atoms with Crippen LogP contribution in [-0.4, -0.2) is 87.6 Å². The van der Waals surface area contributed by atoms with Gasteiger partial charge in [-0.3, -0.25) is 14.8 Å². The number of alkyl halides is 6. The van der Waals surface area contributed by atoms with E-state index in [1.165, 1.54) is 5.56 Å². The third kappa shape index (κ3) is 10.8. The number of fused-ring (bicyclic) bond motifs is 1. The highest BCUT2D eigenvalue weighted by atomic mass is 19.4. The molecule has 2 fully saturated rings. The first-order chi connectivity index (χ1) is 17.3. The number of carboxylic acid groups (broad SMARTS) is 2. The van der Waals surface area contributed by atoms with E-state index in [0.717, 1.165) is 44.7 Å². The van der Waals surface area contributed by atoms with Crippen molar-refractivity contribution in [1.29, 1.82) is 0 Å². The quantitative estimate of drug-likeness (QED) is 0.550. The van der Waals surface area contributed by atoms with E-state index in [4.69, 9.17) is 29.0 Å². The highest BCUT2D eigenvalue weighted by Crippen LogP contribution is 2.25. The van der Waals surface area contributed by atoms with Crippen LogP contribution in [0, 0.1) is 0 Å². The first kappa shape index (κ1) is 30.1. The number of carbonyl (C=O) groups is 2. The SMILES string of the molecule is O=C(O)C(F)(F)F.O=C(O)C(F)(F)F.c1cncc(CO[C@H]2C[C@@H]3CN(Cc4ccoc4)CCN3C2)c1. The molecule has 9 nitrogen and oxygen atoms in total. The topological polar surface area (TPSA) is 116 Å². The number of halogens is 6. The third-order valence-electron chi connectivity index (χ3n) is 5.34. The molecule has 2 aromatic heterocycles. The van der Waals surface area contributed by atoms with Gasteiger partial charge >= 0.3 is 24.3 Å². The van der Waals surface area contributed by atoms with Crippen molar-refractivity contribution in [1.82, 2.24) is 14.8 Å². The van der Waals surface area contributed by atoms with Gasteiger partial charge in [0.25, 0.3) is 0 Å². The highest BCUT2D eigenvalue weighted by molar-refractivity contribution is 5.73. The lowest BCUT2D eigenvalue weighted by atomic mass is 10.1. The molecule has 0 unspecified atom stereocenters. The maximum atomic E-state index is 10.6. The zero-order chi connectivity index (χ0) is 27.6. The number of aliphatic carboxylic acids is 2. The Morgan fingerprint density at radius 2 is 1.68 bits per heavy atom. The number of piperazine rings is 1. The van der Waals surface area contributed by atoms with Gasteiger partial charge in [0.1, 0.15) is 0 Å². The fourth-order valence-electron chi connectivity index (χ4n) is 3.66. The molecule has 0 aromatic carbocycles. The predicted molar refractivity (Wildman–Crippen MR) is 114 cm³/mol. The Bertz CT molecular complexity index is 948. The molecule has 4 heterocycles. The van der Waals surface area contributed by atoms with Gasteiger partial charge in [-0.25, -0.2) is 9.59 Å². The molecular weight excluding hydrogens is 516 g/mol. The van der Waals surface area contributed by atoms with E-state index in [1.54, 1.807) is 12.5 Å². The van der Waals surface area contributed by atoms with Crippen molar-refractivity contribution < 1.29 is 55.3 Å². The van der Waals surface area contributed by atoms with Gasteiger partial charge in [0.2, 0.25) is 0 Å². The van der Waals surface area contributed by atoms with Crippen molar-refractivity contribution in [2.45, 2.75) is 44.1 Å². The molecule has 2 aromatic rings. The molecule has 0 amide bonds. The average Bonchev–Trinajstić information content (AvgIpc) is 3.47. The maximum Gasteiger partial charge on any atom is 0.490 e. The zero-order valence-electron chi connectivity index (χ0n) is 19.3. The van der Waals surface area contributed by atoms with Crippen LogP contribution in [0.5, 0.6) is 0 Å². The predicted octanol–water partition coefficient (Wildman–Crippen LogP) is 3.42. The molecule has 0 radical (unpaired) electrons. The van der Waals surface area contributed by atoms with E-state index < -0.39 is 24.3 Å². The van der Waals surface area contributed by atoms with E-state index >= 15 is 0 Å². The van der Waals surface area contributed by atoms with Crippen LogP contribution in [0.15, 0.2) is 47.5 Å². The van der Waals surface area contributed by atoms with Gasteiger partial charge in [-0.2, -0.15) is 26.3 Å². The largest absolute Gasteiger partial charge is 0.490 e. The number of aromatic nitrogens is 1. The van der Waals surface area contributed by atoms with Crippen LogP contribution in [-0.2, 0) is 27.5 Å². The summed E-state index contributed by atoms with van der Waals surface area (Å²) in [7, 11) is 0. The summed E-state index contributed by atoms with van der Waals surface area (Å²) >= 11 is 0. The molecule has 206 valence electrons. The van der Waals surface area contributed by atoms with Gasteiger partial charge in [0.15, 0.2) is 0 Å². The number of furan rings is 1. The number of rotatable bonds is 5. The van der Waals surface area contributed by atoms with E-state index in [9.17, 15) is 26.3 Å². The first-order valence-electron chi connectivity index (χ1n) is 10.8. The van der Waals surface area contributed by atoms with Gasteiger partial charge in [-0.15, -0.1) is 0 Å². The number of hydrogen-bond acceptors (Lipinski definition) is 7. The average molecular weight is 541 g/mol. The van der Waals surface area contributed by atoms with Crippen LogP contribution in [0.1, 0.15) is 17.5 Å². The Morgan fingerprint density at radius 1 is 1.03 bits per heavy atom. The lowest BCUT2D eigenvalue weighted by molar-refractivity contribution is -0.193. The van der Waals surface area contributed by atoms with E-state index in [0.29, 0.717) is 18.8 Å². The molecule has 0 saturated carbocycles. The van der Waals surface area contributed by atoms with E-state index in [1.807, 2.05) is 18.5 Å². The number of ether oxygens (including phenoxy) is 1. The first-order valence-corrected chi connectivity index (χ1v) is 10.8. The molecule has 4 rings (SSSR count). The van der Waals surface area contributed by atoms with Gasteiger partial charge in [-0.1, -0.05) is 6.07 Å². The zero-order valence-corrected chi connectivity index (χ0v) is 19.3. The van der Waals surface area contributed by atoms with Crippen molar-refractivity contribution in [3.63, 3.8) is 0 Å². The summed E-state index contributed by atoms with van der Waals surface area (Å²) in [4.78, 5) is 27.0. The van der Waals surface area contributed by atoms with E-state index in [2.05, 4.69) is 26.9 Å². The fourth-order valence-corrected chi connectivity index (χ4v) is 3.66. The second-order valence-electron chi connectivity index (χ2n) is 8.15. The van der Waals surface area contributed by atoms with Gasteiger partial charge in [0.05, 0.1) is 25.2 Å². The molecule has 2 aliphatic rings. The molecule has 2 aliphatic heterocycles. The molecule has 37 heavy (non-hydrogen) atoms. The monoisotopic (exact) mass is 541 g/mol. The lowest BCUT2D eigenvalue weighted by Crippen LogP contribution is -2.49. The summed E-state index contributed by atoms with van der Waals surface area (Å²) in [6, 6.07) is 6.71. The van der Waals surface area contributed by atoms with Crippen LogP contribution < -0.4 is 0 Å². The minimum Gasteiger partial charge on any atom is -0.475 e. The van der Waals surface area contributed by atoms with Crippen molar-refractivity contribution in [2.75, 3.05) is 26.2 Å². The number of carboxylic acids is 2. The summed E-state index contributed by atoms with van der Waals surface area (Å²) in [5.41, 5.74) is 2.42. The summed E-state index contributed by atoms with van der Waals surface area (Å²) in [6.07, 6.45) is -1.41. The second kappa shape index (κ2) is 13.4. The van der Waals surface area contributed by atoms with Crippen LogP contribution in [0.4, 0.5) is 26.3 Å². The molecule has 2 saturated heterocycles. The Kier molecular flexibility index (Phi) is 10.9. The van der Waals surface area contributed by atoms with Crippen molar-refractivity contribution in [2.24, 2.45) is 0 Å². The molecule has 2 atom stereocenters. The summed E-state index contributed by atoms with van der Waals surface area (Å²) in [5, 5.41) is 14.2. The van der Waals surface area contributed by atoms with Crippen molar-refractivity contribution in [3.8, 4) is 0 Å². The molecule has 0 bridgehead atoms. The van der Waals surface area contributed by atoms with Crippen molar-refractivity contribution in [3.05, 3.63) is 54.2 Å². The second-order valence-corrected chi connectivity index (χ2v) is 8.15. The lowest BCUT2D eigenvalue weighted by Gasteiger charge is -2.37. The summed E-state index contributed by atoms with van der Waals surface area (Å²) in [5.74, 6) is -5.51. The molecule has 15 heteroatoms. The minimum atomic E-state index is -5.08. The van der Waals surface area contributed by atoms with Gasteiger partial charge in [0, 0.05) is 56.7 Å². The van der Waals surface area contributed by atoms with Crippen LogP contribution in [0.25, 0.3) is 0 Å². The standard InChI is InChI=1S/C18H23N3O2.2C2HF3O2/c1-2-15(9-19-4-1)14-23-18-8-17-11-20(5-6-21(17)12-18)10-16-3-7-22-13-16;2*3-2(4,5)1(6)7/h1-4,7,9,13,17-18H,5-6,8,10-12,14H2;2*(H,6,7)/t17-,18+;;/m1../s1. The van der Waals surface area contributed by atoms with Crippen LogP contribution >= 0.6 is 0 Å². The number of pyridine rings is 1. The molecule has 0 spiro atoms. The summed E-state index contributed by atoms with van der Waals surface area (Å²) < 4.78 is 74.8. The van der Waals surface area contributed by atoms with Crippen LogP contribution in [0.3, 0.4) is 0 Å². The van der Waals surface area contributed by atoms with E-state index in [-0.39, 0.29) is 0 Å². The number of hydrogen-bond donors (Lipinski definition) is 2. The Morgan fingerprint density at radius 3 is 2.19 bits per heavy atom. The minimum absolute atomic E-state index is 0.342.